The van der Waals surface area contributed by atoms with E-state index in [1.165, 1.54) is 0 Å². The van der Waals surface area contributed by atoms with Crippen LogP contribution in [0.4, 0.5) is 0 Å². The highest BCUT2D eigenvalue weighted by molar-refractivity contribution is 5.41. The summed E-state index contributed by atoms with van der Waals surface area (Å²) in [6, 6.07) is 3.68. The number of fused-ring (bicyclic) bond motifs is 1. The van der Waals surface area contributed by atoms with E-state index in [9.17, 15) is 4.79 Å². The van der Waals surface area contributed by atoms with Crippen LogP contribution >= 0.6 is 0 Å². The predicted octanol–water partition coefficient (Wildman–Crippen LogP) is 3.05. The molecule has 18 heavy (non-hydrogen) atoms. The molecule has 2 heterocycles. The SMILES string of the molecule is CCC(CC)c1nc2cc(C(C)C)cc(=O)n2[nH]1. The second-order valence-electron chi connectivity index (χ2n) is 5.10. The van der Waals surface area contributed by atoms with Gasteiger partial charge in [-0.3, -0.25) is 9.89 Å². The Labute approximate surface area is 107 Å². The zero-order chi connectivity index (χ0) is 13.3. The van der Waals surface area contributed by atoms with Crippen LogP contribution in [-0.2, 0) is 0 Å². The highest BCUT2D eigenvalue weighted by Gasteiger charge is 2.13. The summed E-state index contributed by atoms with van der Waals surface area (Å²) in [5.74, 6) is 1.65. The molecular weight excluding hydrogens is 226 g/mol. The number of hydrogen-bond donors (Lipinski definition) is 1. The third kappa shape index (κ3) is 2.19. The summed E-state index contributed by atoms with van der Waals surface area (Å²) in [5.41, 5.74) is 1.75. The van der Waals surface area contributed by atoms with Crippen molar-refractivity contribution in [3.8, 4) is 0 Å². The number of H-pyrrole nitrogens is 1. The number of rotatable bonds is 4. The van der Waals surface area contributed by atoms with Gasteiger partial charge in [0.2, 0.25) is 0 Å². The zero-order valence-corrected chi connectivity index (χ0v) is 11.5. The smallest absolute Gasteiger partial charge is 0.271 e. The van der Waals surface area contributed by atoms with Crippen molar-refractivity contribution in [2.75, 3.05) is 0 Å². The van der Waals surface area contributed by atoms with Gasteiger partial charge < -0.3 is 0 Å². The molecule has 0 amide bonds. The Morgan fingerprint density at radius 1 is 1.28 bits per heavy atom. The Hall–Kier alpha value is -1.58. The number of pyridine rings is 1. The summed E-state index contributed by atoms with van der Waals surface area (Å²) in [6.07, 6.45) is 2.06. The summed E-state index contributed by atoms with van der Waals surface area (Å²) in [6.45, 7) is 8.45. The molecule has 2 aromatic heterocycles. The minimum Gasteiger partial charge on any atom is -0.276 e. The molecule has 4 nitrogen and oxygen atoms in total. The van der Waals surface area contributed by atoms with Gasteiger partial charge in [0.05, 0.1) is 0 Å². The van der Waals surface area contributed by atoms with E-state index in [0.29, 0.717) is 11.8 Å². The molecule has 2 rings (SSSR count). The standard InChI is InChI=1S/C14H21N3O/c1-5-10(6-2)14-15-12-7-11(9(3)4)8-13(18)17(12)16-14/h7-10H,5-6H2,1-4H3,(H,15,16). The molecule has 0 fully saturated rings. The number of hydrogen-bond acceptors (Lipinski definition) is 2. The third-order valence-electron chi connectivity index (χ3n) is 3.54. The summed E-state index contributed by atoms with van der Waals surface area (Å²) in [4.78, 5) is 16.6. The summed E-state index contributed by atoms with van der Waals surface area (Å²) >= 11 is 0. The third-order valence-corrected chi connectivity index (χ3v) is 3.54. The molecule has 0 atom stereocenters. The maximum Gasteiger partial charge on any atom is 0.271 e. The fourth-order valence-electron chi connectivity index (χ4n) is 2.22. The van der Waals surface area contributed by atoms with Gasteiger partial charge in [0, 0.05) is 12.0 Å². The number of nitrogens with zero attached hydrogens (tertiary/aromatic N) is 2. The molecule has 0 saturated carbocycles. The number of aromatic nitrogens is 3. The van der Waals surface area contributed by atoms with E-state index in [0.717, 1.165) is 29.9 Å². The van der Waals surface area contributed by atoms with Crippen molar-refractivity contribution in [2.24, 2.45) is 0 Å². The first kappa shape index (κ1) is 12.9. The maximum atomic E-state index is 12.0. The van der Waals surface area contributed by atoms with E-state index in [1.54, 1.807) is 10.6 Å². The number of aromatic amines is 1. The molecule has 0 bridgehead atoms. The van der Waals surface area contributed by atoms with Crippen molar-refractivity contribution in [1.29, 1.82) is 0 Å². The largest absolute Gasteiger partial charge is 0.276 e. The molecule has 4 heteroatoms. The lowest BCUT2D eigenvalue weighted by molar-refractivity contribution is 0.600. The minimum absolute atomic E-state index is 0.0269. The molecule has 0 aliphatic carbocycles. The lowest BCUT2D eigenvalue weighted by Gasteiger charge is -2.06. The highest BCUT2D eigenvalue weighted by atomic mass is 16.1. The molecule has 2 aromatic rings. The second-order valence-corrected chi connectivity index (χ2v) is 5.10. The van der Waals surface area contributed by atoms with Crippen LogP contribution in [0.3, 0.4) is 0 Å². The van der Waals surface area contributed by atoms with Crippen LogP contribution in [0.25, 0.3) is 5.65 Å². The predicted molar refractivity (Wildman–Crippen MR) is 73.2 cm³/mol. The van der Waals surface area contributed by atoms with Gasteiger partial charge in [-0.2, -0.15) is 0 Å². The van der Waals surface area contributed by atoms with Crippen molar-refractivity contribution in [2.45, 2.75) is 52.4 Å². The summed E-state index contributed by atoms with van der Waals surface area (Å²) in [7, 11) is 0. The van der Waals surface area contributed by atoms with Crippen LogP contribution in [-0.4, -0.2) is 14.6 Å². The Balaban J connectivity index is 2.57. The second kappa shape index (κ2) is 4.96. The van der Waals surface area contributed by atoms with Gasteiger partial charge in [0.1, 0.15) is 5.82 Å². The Morgan fingerprint density at radius 3 is 2.50 bits per heavy atom. The van der Waals surface area contributed by atoms with Crippen LogP contribution in [0.1, 0.15) is 63.8 Å². The normalized spacial score (nSPS) is 11.9. The first-order valence-corrected chi connectivity index (χ1v) is 6.69. The quantitative estimate of drug-likeness (QED) is 0.902. The fourth-order valence-corrected chi connectivity index (χ4v) is 2.22. The van der Waals surface area contributed by atoms with Gasteiger partial charge in [-0.1, -0.05) is 27.7 Å². The van der Waals surface area contributed by atoms with E-state index in [-0.39, 0.29) is 5.56 Å². The van der Waals surface area contributed by atoms with E-state index < -0.39 is 0 Å². The van der Waals surface area contributed by atoms with Gasteiger partial charge in [-0.05, 0) is 30.4 Å². The maximum absolute atomic E-state index is 12.0. The molecule has 0 spiro atoms. The van der Waals surface area contributed by atoms with E-state index in [2.05, 4.69) is 37.8 Å². The Kier molecular flexibility index (Phi) is 3.55. The number of nitrogens with one attached hydrogen (secondary N) is 1. The lowest BCUT2D eigenvalue weighted by Crippen LogP contribution is -2.14. The molecule has 1 N–H and O–H groups in total. The minimum atomic E-state index is -0.0269. The van der Waals surface area contributed by atoms with Gasteiger partial charge in [0.25, 0.3) is 5.56 Å². The van der Waals surface area contributed by atoms with Crippen molar-refractivity contribution in [3.05, 3.63) is 33.9 Å². The van der Waals surface area contributed by atoms with Crippen molar-refractivity contribution in [1.82, 2.24) is 14.6 Å². The molecule has 0 saturated heterocycles. The van der Waals surface area contributed by atoms with Crippen LogP contribution in [0.15, 0.2) is 16.9 Å². The van der Waals surface area contributed by atoms with E-state index in [1.807, 2.05) is 6.07 Å². The summed E-state index contributed by atoms with van der Waals surface area (Å²) in [5, 5.41) is 3.12. The average Bonchev–Trinajstić information content (AvgIpc) is 2.74. The van der Waals surface area contributed by atoms with Crippen LogP contribution in [0.2, 0.25) is 0 Å². The van der Waals surface area contributed by atoms with Gasteiger partial charge >= 0.3 is 0 Å². The molecule has 98 valence electrons. The van der Waals surface area contributed by atoms with Crippen LogP contribution in [0.5, 0.6) is 0 Å². The summed E-state index contributed by atoms with van der Waals surface area (Å²) < 4.78 is 1.54. The molecule has 0 aromatic carbocycles. The first-order valence-electron chi connectivity index (χ1n) is 6.69. The van der Waals surface area contributed by atoms with Crippen LogP contribution in [0, 0.1) is 0 Å². The molecule has 0 radical (unpaired) electrons. The van der Waals surface area contributed by atoms with Crippen LogP contribution < -0.4 is 5.56 Å². The van der Waals surface area contributed by atoms with Gasteiger partial charge in [-0.15, -0.1) is 0 Å². The fraction of sp³-hybridized carbons (Fsp3) is 0.571. The Bertz CT molecular complexity index is 591. The monoisotopic (exact) mass is 247 g/mol. The topological polar surface area (TPSA) is 50.2 Å². The van der Waals surface area contributed by atoms with E-state index >= 15 is 0 Å². The zero-order valence-electron chi connectivity index (χ0n) is 11.5. The van der Waals surface area contributed by atoms with Crippen molar-refractivity contribution >= 4 is 5.65 Å². The lowest BCUT2D eigenvalue weighted by atomic mass is 10.0. The Morgan fingerprint density at radius 2 is 1.94 bits per heavy atom. The molecule has 0 aliphatic rings. The molecular formula is C14H21N3O. The highest BCUT2D eigenvalue weighted by Crippen LogP contribution is 2.20. The first-order chi connectivity index (χ1) is 8.56. The molecule has 0 aliphatic heterocycles. The van der Waals surface area contributed by atoms with E-state index in [4.69, 9.17) is 0 Å². The van der Waals surface area contributed by atoms with Crippen molar-refractivity contribution < 1.29 is 0 Å². The van der Waals surface area contributed by atoms with Gasteiger partial charge in [0.15, 0.2) is 5.65 Å². The van der Waals surface area contributed by atoms with Crippen molar-refractivity contribution in [3.63, 3.8) is 0 Å². The average molecular weight is 247 g/mol. The molecule has 0 unspecified atom stereocenters. The van der Waals surface area contributed by atoms with Gasteiger partial charge in [-0.25, -0.2) is 9.50 Å².